The van der Waals surface area contributed by atoms with Crippen LogP contribution in [0.1, 0.15) is 18.5 Å². The van der Waals surface area contributed by atoms with Crippen molar-refractivity contribution in [2.45, 2.75) is 19.4 Å². The Balaban J connectivity index is 2.08. The van der Waals surface area contributed by atoms with Gasteiger partial charge in [0, 0.05) is 19.7 Å². The molecule has 1 aliphatic heterocycles. The van der Waals surface area contributed by atoms with E-state index in [1.54, 1.807) is 6.07 Å². The minimum atomic E-state index is -0.139. The van der Waals surface area contributed by atoms with Crippen LogP contribution in [-0.4, -0.2) is 34.9 Å². The maximum absolute atomic E-state index is 9.12. The molecule has 0 bridgehead atoms. The van der Waals surface area contributed by atoms with Crippen LogP contribution in [0.15, 0.2) is 12.1 Å². The van der Waals surface area contributed by atoms with E-state index in [4.69, 9.17) is 21.8 Å². The van der Waals surface area contributed by atoms with Crippen LogP contribution in [0.2, 0.25) is 5.02 Å². The van der Waals surface area contributed by atoms with E-state index in [0.29, 0.717) is 16.6 Å². The van der Waals surface area contributed by atoms with E-state index in [9.17, 15) is 0 Å². The molecule has 1 aliphatic rings. The molecule has 0 aromatic carbocycles. The van der Waals surface area contributed by atoms with Crippen molar-refractivity contribution >= 4 is 17.4 Å². The Bertz CT molecular complexity index is 379. The molecule has 1 aromatic heterocycles. The zero-order chi connectivity index (χ0) is 12.3. The Labute approximate surface area is 106 Å². The number of piperidine rings is 1. The summed E-state index contributed by atoms with van der Waals surface area (Å²) in [4.78, 5) is 6.52. The maximum atomic E-state index is 9.12. The molecule has 0 amide bonds. The molecule has 2 heterocycles. The summed E-state index contributed by atoms with van der Waals surface area (Å²) in [6.45, 7) is 1.92. The van der Waals surface area contributed by atoms with Gasteiger partial charge in [-0.25, -0.2) is 4.98 Å². The van der Waals surface area contributed by atoms with E-state index in [1.165, 1.54) is 0 Å². The summed E-state index contributed by atoms with van der Waals surface area (Å²) < 4.78 is 0. The smallest absolute Gasteiger partial charge is 0.129 e. The van der Waals surface area contributed by atoms with Crippen molar-refractivity contribution in [3.8, 4) is 0 Å². The van der Waals surface area contributed by atoms with Gasteiger partial charge < -0.3 is 15.1 Å². The number of nitrogens with zero attached hydrogens (tertiary/aromatic N) is 2. The van der Waals surface area contributed by atoms with Crippen LogP contribution in [-0.2, 0) is 6.61 Å². The fourth-order valence-electron chi connectivity index (χ4n) is 2.10. The number of anilines is 1. The van der Waals surface area contributed by atoms with Crippen molar-refractivity contribution in [1.82, 2.24) is 4.98 Å². The Hall–Kier alpha value is -0.840. The SMILES string of the molecule is OCc1nc(N2CCC(CO)CC2)ccc1Cl. The summed E-state index contributed by atoms with van der Waals surface area (Å²) in [7, 11) is 0. The topological polar surface area (TPSA) is 56.6 Å². The Morgan fingerprint density at radius 2 is 2.00 bits per heavy atom. The highest BCUT2D eigenvalue weighted by Crippen LogP contribution is 2.24. The minimum absolute atomic E-state index is 0.139. The first kappa shape index (κ1) is 12.6. The van der Waals surface area contributed by atoms with Gasteiger partial charge in [0.2, 0.25) is 0 Å². The fourth-order valence-corrected chi connectivity index (χ4v) is 2.27. The lowest BCUT2D eigenvalue weighted by Crippen LogP contribution is -2.35. The number of aliphatic hydroxyl groups excluding tert-OH is 2. The quantitative estimate of drug-likeness (QED) is 0.859. The van der Waals surface area contributed by atoms with Crippen molar-refractivity contribution < 1.29 is 10.2 Å². The largest absolute Gasteiger partial charge is 0.396 e. The lowest BCUT2D eigenvalue weighted by atomic mass is 9.98. The molecule has 0 atom stereocenters. The van der Waals surface area contributed by atoms with Crippen LogP contribution in [0, 0.1) is 5.92 Å². The molecule has 4 nitrogen and oxygen atoms in total. The van der Waals surface area contributed by atoms with E-state index in [1.807, 2.05) is 6.07 Å². The highest BCUT2D eigenvalue weighted by molar-refractivity contribution is 6.31. The van der Waals surface area contributed by atoms with Gasteiger partial charge in [0.1, 0.15) is 5.82 Å². The molecule has 94 valence electrons. The monoisotopic (exact) mass is 256 g/mol. The number of rotatable bonds is 3. The number of aliphatic hydroxyl groups is 2. The number of halogens is 1. The molecule has 2 rings (SSSR count). The van der Waals surface area contributed by atoms with Crippen LogP contribution >= 0.6 is 11.6 Å². The number of pyridine rings is 1. The van der Waals surface area contributed by atoms with Crippen molar-refractivity contribution in [3.05, 3.63) is 22.8 Å². The minimum Gasteiger partial charge on any atom is -0.396 e. The van der Waals surface area contributed by atoms with E-state index in [2.05, 4.69) is 9.88 Å². The van der Waals surface area contributed by atoms with Gasteiger partial charge in [-0.1, -0.05) is 11.6 Å². The average molecular weight is 257 g/mol. The van der Waals surface area contributed by atoms with Crippen LogP contribution in [0.5, 0.6) is 0 Å². The van der Waals surface area contributed by atoms with E-state index >= 15 is 0 Å². The summed E-state index contributed by atoms with van der Waals surface area (Å²) in [5, 5.41) is 18.7. The number of hydrogen-bond acceptors (Lipinski definition) is 4. The second kappa shape index (κ2) is 5.67. The van der Waals surface area contributed by atoms with Gasteiger partial charge in [-0.15, -0.1) is 0 Å². The molecule has 1 aromatic rings. The fraction of sp³-hybridized carbons (Fsp3) is 0.583. The van der Waals surface area contributed by atoms with E-state index in [-0.39, 0.29) is 13.2 Å². The molecular formula is C12H17ClN2O2. The van der Waals surface area contributed by atoms with Gasteiger partial charge >= 0.3 is 0 Å². The van der Waals surface area contributed by atoms with Gasteiger partial charge in [-0.3, -0.25) is 0 Å². The Morgan fingerprint density at radius 1 is 1.29 bits per heavy atom. The molecule has 2 N–H and O–H groups in total. The molecule has 0 saturated carbocycles. The van der Waals surface area contributed by atoms with Crippen LogP contribution < -0.4 is 4.90 Å². The average Bonchev–Trinajstić information content (AvgIpc) is 2.39. The third kappa shape index (κ3) is 2.89. The summed E-state index contributed by atoms with van der Waals surface area (Å²) in [5.41, 5.74) is 0.522. The normalized spacial score (nSPS) is 17.5. The summed E-state index contributed by atoms with van der Waals surface area (Å²) >= 11 is 5.91. The first-order valence-corrected chi connectivity index (χ1v) is 6.24. The van der Waals surface area contributed by atoms with E-state index in [0.717, 1.165) is 31.7 Å². The highest BCUT2D eigenvalue weighted by atomic mass is 35.5. The number of aromatic nitrogens is 1. The van der Waals surface area contributed by atoms with Gasteiger partial charge in [0.05, 0.1) is 17.3 Å². The van der Waals surface area contributed by atoms with Crippen LogP contribution in [0.4, 0.5) is 5.82 Å². The van der Waals surface area contributed by atoms with Crippen LogP contribution in [0.3, 0.4) is 0 Å². The van der Waals surface area contributed by atoms with Crippen molar-refractivity contribution in [3.63, 3.8) is 0 Å². The molecule has 1 fully saturated rings. The third-order valence-electron chi connectivity index (χ3n) is 3.25. The van der Waals surface area contributed by atoms with Gasteiger partial charge in [0.25, 0.3) is 0 Å². The van der Waals surface area contributed by atoms with Gasteiger partial charge in [-0.2, -0.15) is 0 Å². The summed E-state index contributed by atoms with van der Waals surface area (Å²) in [5.74, 6) is 1.27. The van der Waals surface area contributed by atoms with Crippen molar-refractivity contribution in [2.24, 2.45) is 5.92 Å². The molecular weight excluding hydrogens is 240 g/mol. The Kier molecular flexibility index (Phi) is 4.20. The summed E-state index contributed by atoms with van der Waals surface area (Å²) in [6.07, 6.45) is 1.96. The lowest BCUT2D eigenvalue weighted by Gasteiger charge is -2.32. The molecule has 0 aliphatic carbocycles. The molecule has 17 heavy (non-hydrogen) atoms. The van der Waals surface area contributed by atoms with Gasteiger partial charge in [0.15, 0.2) is 0 Å². The Morgan fingerprint density at radius 3 is 2.59 bits per heavy atom. The number of hydrogen-bond donors (Lipinski definition) is 2. The third-order valence-corrected chi connectivity index (χ3v) is 3.59. The highest BCUT2D eigenvalue weighted by Gasteiger charge is 2.19. The van der Waals surface area contributed by atoms with E-state index < -0.39 is 0 Å². The second-order valence-corrected chi connectivity index (χ2v) is 4.78. The molecule has 1 saturated heterocycles. The van der Waals surface area contributed by atoms with Crippen molar-refractivity contribution in [2.75, 3.05) is 24.6 Å². The lowest BCUT2D eigenvalue weighted by molar-refractivity contribution is 0.202. The molecule has 5 heteroatoms. The first-order chi connectivity index (χ1) is 8.24. The zero-order valence-corrected chi connectivity index (χ0v) is 10.4. The first-order valence-electron chi connectivity index (χ1n) is 5.86. The maximum Gasteiger partial charge on any atom is 0.129 e. The molecule has 0 spiro atoms. The van der Waals surface area contributed by atoms with Crippen LogP contribution in [0.25, 0.3) is 0 Å². The zero-order valence-electron chi connectivity index (χ0n) is 9.64. The molecule has 0 unspecified atom stereocenters. The van der Waals surface area contributed by atoms with Crippen molar-refractivity contribution in [1.29, 1.82) is 0 Å². The predicted octanol–water partition coefficient (Wildman–Crippen LogP) is 1.44. The second-order valence-electron chi connectivity index (χ2n) is 4.37. The predicted molar refractivity (Wildman–Crippen MR) is 67.2 cm³/mol. The van der Waals surface area contributed by atoms with Gasteiger partial charge in [-0.05, 0) is 30.9 Å². The summed E-state index contributed by atoms with van der Waals surface area (Å²) in [6, 6.07) is 3.65. The molecule has 0 radical (unpaired) electrons. The standard InChI is InChI=1S/C12H17ClN2O2/c13-10-1-2-12(14-11(10)8-17)15-5-3-9(7-16)4-6-15/h1-2,9,16-17H,3-8H2.